The molecule has 0 saturated heterocycles. The summed E-state index contributed by atoms with van der Waals surface area (Å²) < 4.78 is 0. The zero-order chi connectivity index (χ0) is 19.4. The summed E-state index contributed by atoms with van der Waals surface area (Å²) in [5, 5.41) is 6.29. The fourth-order valence-corrected chi connectivity index (χ4v) is 3.03. The van der Waals surface area contributed by atoms with E-state index in [4.69, 9.17) is 0 Å². The highest BCUT2D eigenvalue weighted by atomic mass is 16.1. The fourth-order valence-electron chi connectivity index (χ4n) is 3.03. The van der Waals surface area contributed by atoms with E-state index in [1.807, 2.05) is 30.3 Å². The van der Waals surface area contributed by atoms with Gasteiger partial charge in [-0.25, -0.2) is 4.98 Å². The Morgan fingerprint density at radius 2 is 1.36 bits per heavy atom. The highest BCUT2D eigenvalue weighted by molar-refractivity contribution is 5.92. The number of benzene rings is 2. The third kappa shape index (κ3) is 6.54. The van der Waals surface area contributed by atoms with Gasteiger partial charge in [0.2, 0.25) is 0 Å². The molecule has 0 spiro atoms. The van der Waals surface area contributed by atoms with Gasteiger partial charge >= 0.3 is 0 Å². The predicted molar refractivity (Wildman–Crippen MR) is 115 cm³/mol. The van der Waals surface area contributed by atoms with Gasteiger partial charge in [0.15, 0.2) is 0 Å². The number of carbonyl (C=O) groups excluding carboxylic acids is 1. The van der Waals surface area contributed by atoms with E-state index >= 15 is 0 Å². The molecule has 0 aliphatic heterocycles. The van der Waals surface area contributed by atoms with Crippen LogP contribution in [-0.2, 0) is 12.8 Å². The molecule has 0 bridgehead atoms. The van der Waals surface area contributed by atoms with Crippen LogP contribution in [-0.4, -0.2) is 24.0 Å². The molecule has 0 fully saturated rings. The lowest BCUT2D eigenvalue weighted by Crippen LogP contribution is -2.25. The van der Waals surface area contributed by atoms with E-state index in [0.29, 0.717) is 12.2 Å². The van der Waals surface area contributed by atoms with Gasteiger partial charge < -0.3 is 10.6 Å². The molecule has 3 rings (SSSR count). The molecular weight excluding hydrogens is 346 g/mol. The standard InChI is InChI=1S/C24H27N3O/c28-24(26-18-8-14-21-11-5-2-6-12-21)23-16-15-22(19-27-23)25-17-7-13-20-9-3-1-4-10-20/h1-6,9-12,15-16,19,25H,7-8,13-14,17-18H2,(H,26,28). The summed E-state index contributed by atoms with van der Waals surface area (Å²) in [7, 11) is 0. The van der Waals surface area contributed by atoms with E-state index in [2.05, 4.69) is 52.0 Å². The summed E-state index contributed by atoms with van der Waals surface area (Å²) in [6.45, 7) is 1.52. The summed E-state index contributed by atoms with van der Waals surface area (Å²) in [5.74, 6) is -0.122. The van der Waals surface area contributed by atoms with Crippen LogP contribution in [0.25, 0.3) is 0 Å². The maximum atomic E-state index is 12.2. The molecule has 0 aliphatic carbocycles. The summed E-state index contributed by atoms with van der Waals surface area (Å²) in [4.78, 5) is 16.5. The summed E-state index contributed by atoms with van der Waals surface area (Å²) in [5.41, 5.74) is 4.03. The topological polar surface area (TPSA) is 54.0 Å². The first kappa shape index (κ1) is 19.6. The average Bonchev–Trinajstić information content (AvgIpc) is 2.76. The van der Waals surface area contributed by atoms with Crippen LogP contribution < -0.4 is 10.6 Å². The van der Waals surface area contributed by atoms with Crippen molar-refractivity contribution in [3.63, 3.8) is 0 Å². The third-order valence-electron chi connectivity index (χ3n) is 4.58. The normalized spacial score (nSPS) is 10.4. The fraction of sp³-hybridized carbons (Fsp3) is 0.250. The number of aromatic nitrogens is 1. The minimum atomic E-state index is -0.122. The SMILES string of the molecule is O=C(NCCCc1ccccc1)c1ccc(NCCCc2ccccc2)cn1. The minimum absolute atomic E-state index is 0.122. The molecule has 0 atom stereocenters. The maximum Gasteiger partial charge on any atom is 0.269 e. The number of carbonyl (C=O) groups is 1. The van der Waals surface area contributed by atoms with E-state index in [0.717, 1.165) is 37.9 Å². The van der Waals surface area contributed by atoms with Crippen molar-refractivity contribution in [2.75, 3.05) is 18.4 Å². The van der Waals surface area contributed by atoms with E-state index in [-0.39, 0.29) is 5.91 Å². The number of hydrogen-bond donors (Lipinski definition) is 2. The van der Waals surface area contributed by atoms with Crippen molar-refractivity contribution in [2.24, 2.45) is 0 Å². The first-order valence-corrected chi connectivity index (χ1v) is 9.87. The monoisotopic (exact) mass is 373 g/mol. The second-order valence-corrected chi connectivity index (χ2v) is 6.79. The molecule has 1 heterocycles. The van der Waals surface area contributed by atoms with Gasteiger partial charge in [-0.2, -0.15) is 0 Å². The molecule has 0 saturated carbocycles. The van der Waals surface area contributed by atoms with Gasteiger partial charge in [0.25, 0.3) is 5.91 Å². The van der Waals surface area contributed by atoms with Crippen LogP contribution in [0.3, 0.4) is 0 Å². The molecule has 4 nitrogen and oxygen atoms in total. The van der Waals surface area contributed by atoms with Crippen LogP contribution in [0.15, 0.2) is 79.0 Å². The minimum Gasteiger partial charge on any atom is -0.384 e. The second kappa shape index (κ2) is 10.9. The van der Waals surface area contributed by atoms with E-state index in [9.17, 15) is 4.79 Å². The predicted octanol–water partition coefficient (Wildman–Crippen LogP) is 4.49. The lowest BCUT2D eigenvalue weighted by Gasteiger charge is -2.08. The number of rotatable bonds is 10. The zero-order valence-electron chi connectivity index (χ0n) is 16.1. The largest absolute Gasteiger partial charge is 0.384 e. The number of hydrogen-bond acceptors (Lipinski definition) is 3. The van der Waals surface area contributed by atoms with Crippen LogP contribution in [0.5, 0.6) is 0 Å². The molecule has 144 valence electrons. The molecule has 2 N–H and O–H groups in total. The van der Waals surface area contributed by atoms with Crippen molar-refractivity contribution in [3.8, 4) is 0 Å². The Morgan fingerprint density at radius 1 is 0.750 bits per heavy atom. The van der Waals surface area contributed by atoms with Crippen LogP contribution >= 0.6 is 0 Å². The summed E-state index contributed by atoms with van der Waals surface area (Å²) >= 11 is 0. The molecule has 28 heavy (non-hydrogen) atoms. The van der Waals surface area contributed by atoms with Gasteiger partial charge in [0.1, 0.15) is 5.69 Å². The van der Waals surface area contributed by atoms with Crippen LogP contribution in [0, 0.1) is 0 Å². The first-order chi connectivity index (χ1) is 13.8. The number of pyridine rings is 1. The van der Waals surface area contributed by atoms with Gasteiger partial charge in [0.05, 0.1) is 11.9 Å². The highest BCUT2D eigenvalue weighted by Gasteiger charge is 2.06. The van der Waals surface area contributed by atoms with Gasteiger partial charge in [-0.15, -0.1) is 0 Å². The lowest BCUT2D eigenvalue weighted by atomic mass is 10.1. The molecule has 1 amide bonds. The molecule has 2 aromatic carbocycles. The Kier molecular flexibility index (Phi) is 7.62. The quantitative estimate of drug-likeness (QED) is 0.515. The highest BCUT2D eigenvalue weighted by Crippen LogP contribution is 2.08. The number of nitrogens with zero attached hydrogens (tertiary/aromatic N) is 1. The molecular formula is C24H27N3O. The number of nitrogens with one attached hydrogen (secondary N) is 2. The number of anilines is 1. The van der Waals surface area contributed by atoms with Crippen molar-refractivity contribution in [2.45, 2.75) is 25.7 Å². The Bertz CT molecular complexity index is 833. The van der Waals surface area contributed by atoms with Crippen molar-refractivity contribution < 1.29 is 4.79 Å². The van der Waals surface area contributed by atoms with E-state index in [1.165, 1.54) is 11.1 Å². The van der Waals surface area contributed by atoms with Crippen LogP contribution in [0.1, 0.15) is 34.5 Å². The van der Waals surface area contributed by atoms with Gasteiger partial charge in [-0.05, 0) is 48.9 Å². The van der Waals surface area contributed by atoms with Crippen molar-refractivity contribution in [1.82, 2.24) is 10.3 Å². The maximum absolute atomic E-state index is 12.2. The Morgan fingerprint density at radius 3 is 1.93 bits per heavy atom. The molecule has 4 heteroatoms. The van der Waals surface area contributed by atoms with E-state index in [1.54, 1.807) is 12.3 Å². The summed E-state index contributed by atoms with van der Waals surface area (Å²) in [6, 6.07) is 24.4. The molecule has 0 radical (unpaired) electrons. The molecule has 0 aliphatic rings. The molecule has 0 unspecified atom stereocenters. The van der Waals surface area contributed by atoms with Gasteiger partial charge in [0, 0.05) is 13.1 Å². The number of aryl methyl sites for hydroxylation is 2. The lowest BCUT2D eigenvalue weighted by molar-refractivity contribution is 0.0948. The van der Waals surface area contributed by atoms with Gasteiger partial charge in [-0.1, -0.05) is 60.7 Å². The average molecular weight is 374 g/mol. The van der Waals surface area contributed by atoms with Crippen molar-refractivity contribution in [1.29, 1.82) is 0 Å². The smallest absolute Gasteiger partial charge is 0.269 e. The zero-order valence-corrected chi connectivity index (χ0v) is 16.1. The van der Waals surface area contributed by atoms with Crippen LogP contribution in [0.2, 0.25) is 0 Å². The second-order valence-electron chi connectivity index (χ2n) is 6.79. The van der Waals surface area contributed by atoms with E-state index < -0.39 is 0 Å². The van der Waals surface area contributed by atoms with Crippen LogP contribution in [0.4, 0.5) is 5.69 Å². The van der Waals surface area contributed by atoms with Crippen molar-refractivity contribution >= 4 is 11.6 Å². The molecule has 3 aromatic rings. The number of amides is 1. The Hall–Kier alpha value is -3.14. The summed E-state index contributed by atoms with van der Waals surface area (Å²) in [6.07, 6.45) is 5.69. The van der Waals surface area contributed by atoms with Crippen molar-refractivity contribution in [3.05, 3.63) is 95.8 Å². The first-order valence-electron chi connectivity index (χ1n) is 9.87. The Labute approximate surface area is 167 Å². The third-order valence-corrected chi connectivity index (χ3v) is 4.58. The van der Waals surface area contributed by atoms with Gasteiger partial charge in [-0.3, -0.25) is 4.79 Å². The molecule has 1 aromatic heterocycles. The Balaban J connectivity index is 1.34.